The molecule has 0 aromatic heterocycles. The molecule has 0 N–H and O–H groups in total. The predicted octanol–water partition coefficient (Wildman–Crippen LogP) is 5.23. The number of carbonyl (C=O) groups is 2. The number of ketones is 2. The van der Waals surface area contributed by atoms with Gasteiger partial charge in [0.2, 0.25) is 0 Å². The summed E-state index contributed by atoms with van der Waals surface area (Å²) < 4.78 is 11.3. The lowest BCUT2D eigenvalue weighted by Crippen LogP contribution is -2.42. The van der Waals surface area contributed by atoms with Crippen LogP contribution >= 0.6 is 0 Å². The van der Waals surface area contributed by atoms with Gasteiger partial charge in [-0.1, -0.05) is 33.3 Å². The molecule has 1 atom stereocenters. The van der Waals surface area contributed by atoms with E-state index in [9.17, 15) is 9.59 Å². The average Bonchev–Trinajstić information content (AvgIpc) is 2.67. The lowest BCUT2D eigenvalue weighted by atomic mass is 9.69. The van der Waals surface area contributed by atoms with Gasteiger partial charge in [0.05, 0.1) is 13.2 Å². The highest BCUT2D eigenvalue weighted by molar-refractivity contribution is 6.22. The molecule has 0 aliphatic heterocycles. The third-order valence-corrected chi connectivity index (χ3v) is 5.39. The first kappa shape index (κ1) is 24.1. The normalized spacial score (nSPS) is 19.7. The number of nitrogens with zero attached hydrogens (tertiary/aromatic N) is 1. The Balaban J connectivity index is 2.15. The Kier molecular flexibility index (Phi) is 9.07. The van der Waals surface area contributed by atoms with Gasteiger partial charge in [-0.05, 0) is 56.2 Å². The second-order valence-electron chi connectivity index (χ2n) is 8.76. The van der Waals surface area contributed by atoms with Gasteiger partial charge in [0.25, 0.3) is 0 Å². The van der Waals surface area contributed by atoms with Gasteiger partial charge in [0.1, 0.15) is 17.5 Å². The zero-order chi connectivity index (χ0) is 22.1. The smallest absolute Gasteiger partial charge is 0.161 e. The molecule has 1 aromatic rings. The minimum Gasteiger partial charge on any atom is -0.490 e. The zero-order valence-corrected chi connectivity index (χ0v) is 19.3. The molecule has 0 saturated heterocycles. The molecular formula is C25H37NO4. The Hall–Kier alpha value is -2.17. The number of aliphatic imine (C=N–C) groups is 1. The van der Waals surface area contributed by atoms with Crippen molar-refractivity contribution in [2.24, 2.45) is 16.3 Å². The van der Waals surface area contributed by atoms with Crippen molar-refractivity contribution in [3.8, 4) is 11.5 Å². The molecule has 30 heavy (non-hydrogen) atoms. The van der Waals surface area contributed by atoms with Crippen molar-refractivity contribution in [3.63, 3.8) is 0 Å². The number of rotatable bonds is 11. The molecule has 0 bridgehead atoms. The highest BCUT2D eigenvalue weighted by Gasteiger charge is 2.41. The largest absolute Gasteiger partial charge is 0.490 e. The molecule has 1 aliphatic rings. The maximum Gasteiger partial charge on any atom is 0.161 e. The second-order valence-corrected chi connectivity index (χ2v) is 8.76. The Bertz CT molecular complexity index is 766. The van der Waals surface area contributed by atoms with Crippen LogP contribution in [0.2, 0.25) is 0 Å². The van der Waals surface area contributed by atoms with Crippen molar-refractivity contribution in [1.82, 2.24) is 0 Å². The molecule has 1 saturated carbocycles. The number of benzene rings is 1. The van der Waals surface area contributed by atoms with E-state index in [1.54, 1.807) is 0 Å². The lowest BCUT2D eigenvalue weighted by Gasteiger charge is -2.34. The summed E-state index contributed by atoms with van der Waals surface area (Å²) in [5.41, 5.74) is 1.73. The van der Waals surface area contributed by atoms with Crippen LogP contribution in [0.1, 0.15) is 72.3 Å². The summed E-state index contributed by atoms with van der Waals surface area (Å²) in [5, 5.41) is 0. The summed E-state index contributed by atoms with van der Waals surface area (Å²) in [5.74, 6) is 0.923. The van der Waals surface area contributed by atoms with Crippen molar-refractivity contribution < 1.29 is 19.1 Å². The van der Waals surface area contributed by atoms with E-state index in [-0.39, 0.29) is 17.0 Å². The van der Waals surface area contributed by atoms with E-state index in [0.29, 0.717) is 39.0 Å². The topological polar surface area (TPSA) is 65.0 Å². The number of Topliss-reactive ketones (excluding diaryl/α,β-unsaturated/α-hetero) is 2. The average molecular weight is 416 g/mol. The third kappa shape index (κ3) is 6.68. The van der Waals surface area contributed by atoms with Crippen LogP contribution in [0.15, 0.2) is 23.2 Å². The number of carbonyl (C=O) groups excluding carboxylic acids is 2. The van der Waals surface area contributed by atoms with Gasteiger partial charge < -0.3 is 9.47 Å². The van der Waals surface area contributed by atoms with E-state index < -0.39 is 5.92 Å². The monoisotopic (exact) mass is 415 g/mol. The summed E-state index contributed by atoms with van der Waals surface area (Å²) in [6, 6.07) is 5.95. The molecule has 0 unspecified atom stereocenters. The first-order valence-corrected chi connectivity index (χ1v) is 11.3. The standard InChI is InChI=1S/C25H37NO4/c1-6-9-10-20(27)24-19(16-25(4,5)17-21(24)28)26-14-13-18-11-12-22(29-7-2)23(15-18)30-8-3/h11-12,15,24H,6-10,13-14,16-17H2,1-5H3/t24-/m1/s1. The summed E-state index contributed by atoms with van der Waals surface area (Å²) in [4.78, 5) is 30.2. The molecule has 5 heteroatoms. The van der Waals surface area contributed by atoms with Crippen LogP contribution in [-0.2, 0) is 16.0 Å². The van der Waals surface area contributed by atoms with Gasteiger partial charge in [-0.15, -0.1) is 0 Å². The Labute approximate surface area is 181 Å². The molecule has 0 amide bonds. The minimum absolute atomic E-state index is 0.0332. The molecule has 0 spiro atoms. The van der Waals surface area contributed by atoms with E-state index in [2.05, 4.69) is 20.8 Å². The lowest BCUT2D eigenvalue weighted by molar-refractivity contribution is -0.132. The molecular weight excluding hydrogens is 378 g/mol. The Morgan fingerprint density at radius 1 is 1.10 bits per heavy atom. The van der Waals surface area contributed by atoms with Crippen molar-refractivity contribution in [2.45, 2.75) is 73.1 Å². The first-order valence-electron chi connectivity index (χ1n) is 11.3. The van der Waals surface area contributed by atoms with Crippen LogP contribution < -0.4 is 9.47 Å². The second kappa shape index (κ2) is 11.3. The van der Waals surface area contributed by atoms with Gasteiger partial charge in [0, 0.05) is 25.1 Å². The summed E-state index contributed by atoms with van der Waals surface area (Å²) in [7, 11) is 0. The fourth-order valence-corrected chi connectivity index (χ4v) is 4.00. The fraction of sp³-hybridized carbons (Fsp3) is 0.640. The maximum atomic E-state index is 12.7. The SMILES string of the molecule is CCCCC(=O)[C@@H]1C(=O)CC(C)(C)CC1=NCCc1ccc(OCC)c(OCC)c1. The molecule has 1 fully saturated rings. The van der Waals surface area contributed by atoms with E-state index in [1.807, 2.05) is 32.0 Å². The molecule has 5 nitrogen and oxygen atoms in total. The minimum atomic E-state index is -0.635. The Morgan fingerprint density at radius 2 is 1.80 bits per heavy atom. The van der Waals surface area contributed by atoms with Crippen molar-refractivity contribution in [3.05, 3.63) is 23.8 Å². The molecule has 1 aromatic carbocycles. The van der Waals surface area contributed by atoms with Gasteiger partial charge in [-0.2, -0.15) is 0 Å². The van der Waals surface area contributed by atoms with Crippen LogP contribution in [0.3, 0.4) is 0 Å². The summed E-state index contributed by atoms with van der Waals surface area (Å²) >= 11 is 0. The zero-order valence-electron chi connectivity index (χ0n) is 19.3. The third-order valence-electron chi connectivity index (χ3n) is 5.39. The van der Waals surface area contributed by atoms with Gasteiger partial charge >= 0.3 is 0 Å². The van der Waals surface area contributed by atoms with E-state index in [0.717, 1.165) is 42.0 Å². The Morgan fingerprint density at radius 3 is 2.47 bits per heavy atom. The molecule has 166 valence electrons. The number of hydrogen-bond acceptors (Lipinski definition) is 5. The van der Waals surface area contributed by atoms with Gasteiger partial charge in [-0.3, -0.25) is 14.6 Å². The van der Waals surface area contributed by atoms with Crippen molar-refractivity contribution >= 4 is 17.3 Å². The quantitative estimate of drug-likeness (QED) is 0.464. The van der Waals surface area contributed by atoms with Gasteiger partial charge in [0.15, 0.2) is 11.5 Å². The van der Waals surface area contributed by atoms with Crippen molar-refractivity contribution in [1.29, 1.82) is 0 Å². The summed E-state index contributed by atoms with van der Waals surface area (Å²) in [6.45, 7) is 11.8. The molecule has 0 radical (unpaired) electrons. The number of hydrogen-bond donors (Lipinski definition) is 0. The summed E-state index contributed by atoms with van der Waals surface area (Å²) in [6.07, 6.45) is 4.11. The van der Waals surface area contributed by atoms with E-state index >= 15 is 0 Å². The van der Waals surface area contributed by atoms with Crippen LogP contribution in [0.25, 0.3) is 0 Å². The first-order chi connectivity index (χ1) is 14.3. The van der Waals surface area contributed by atoms with Crippen LogP contribution in [-0.4, -0.2) is 37.0 Å². The molecule has 2 rings (SSSR count). The predicted molar refractivity (Wildman–Crippen MR) is 121 cm³/mol. The van der Waals surface area contributed by atoms with Crippen LogP contribution in [0, 0.1) is 11.3 Å². The maximum absolute atomic E-state index is 12.7. The van der Waals surface area contributed by atoms with Gasteiger partial charge in [-0.25, -0.2) is 0 Å². The number of ether oxygens (including phenoxy) is 2. The number of unbranched alkanes of at least 4 members (excludes halogenated alkanes) is 1. The molecule has 0 heterocycles. The highest BCUT2D eigenvalue weighted by Crippen LogP contribution is 2.35. The fourth-order valence-electron chi connectivity index (χ4n) is 4.00. The van der Waals surface area contributed by atoms with Crippen LogP contribution in [0.4, 0.5) is 0 Å². The van der Waals surface area contributed by atoms with E-state index in [1.165, 1.54) is 0 Å². The van der Waals surface area contributed by atoms with Crippen LogP contribution in [0.5, 0.6) is 11.5 Å². The molecule has 1 aliphatic carbocycles. The van der Waals surface area contributed by atoms with Crippen molar-refractivity contribution in [2.75, 3.05) is 19.8 Å². The highest BCUT2D eigenvalue weighted by atomic mass is 16.5. The van der Waals surface area contributed by atoms with E-state index in [4.69, 9.17) is 14.5 Å².